The van der Waals surface area contributed by atoms with E-state index >= 15 is 0 Å². The molecule has 0 radical (unpaired) electrons. The first-order valence-electron chi connectivity index (χ1n) is 9.01. The number of hydrogen-bond donors (Lipinski definition) is 3. The Bertz CT molecular complexity index is 698. The summed E-state index contributed by atoms with van der Waals surface area (Å²) in [4.78, 5) is 25.4. The van der Waals surface area contributed by atoms with E-state index in [-0.39, 0.29) is 24.4 Å². The minimum Gasteiger partial charge on any atom is -0.354 e. The number of quaternary nitrogens is 1. The Labute approximate surface area is 159 Å². The van der Waals surface area contributed by atoms with Gasteiger partial charge in [0.05, 0.1) is 4.88 Å². The highest BCUT2D eigenvalue weighted by atomic mass is 32.1. The Hall–Kier alpha value is -2.18. The zero-order valence-electron chi connectivity index (χ0n) is 15.6. The summed E-state index contributed by atoms with van der Waals surface area (Å²) in [6, 6.07) is 12.0. The molecular weight excluding hydrogens is 346 g/mol. The molecule has 2 atom stereocenters. The summed E-state index contributed by atoms with van der Waals surface area (Å²) in [5, 5.41) is 9.63. The number of carbonyl (C=O) groups excluding carboxylic acids is 2. The molecule has 0 unspecified atom stereocenters. The first-order valence-corrected chi connectivity index (χ1v) is 9.89. The molecule has 4 N–H and O–H groups in total. The van der Waals surface area contributed by atoms with Gasteiger partial charge in [0, 0.05) is 12.1 Å². The smallest absolute Gasteiger partial charge is 0.275 e. The third-order valence-corrected chi connectivity index (χ3v) is 5.10. The number of nitrogens with two attached hydrogens (primary N) is 1. The maximum absolute atomic E-state index is 12.3. The molecule has 5 nitrogen and oxygen atoms in total. The van der Waals surface area contributed by atoms with Crippen molar-refractivity contribution < 1.29 is 14.9 Å². The second kappa shape index (κ2) is 10.1. The maximum Gasteiger partial charge on any atom is 0.275 e. The minimum atomic E-state index is -0.526. The van der Waals surface area contributed by atoms with Crippen LogP contribution in [0.4, 0.5) is 0 Å². The Morgan fingerprint density at radius 3 is 2.54 bits per heavy atom. The third-order valence-electron chi connectivity index (χ3n) is 4.15. The zero-order valence-corrected chi connectivity index (χ0v) is 16.4. The van der Waals surface area contributed by atoms with Crippen molar-refractivity contribution in [2.45, 2.75) is 39.3 Å². The highest BCUT2D eigenvalue weighted by Gasteiger charge is 2.21. The lowest BCUT2D eigenvalue weighted by atomic mass is 10.0. The molecular formula is C20H28N3O2S+. The average molecular weight is 375 g/mol. The molecule has 0 aliphatic rings. The van der Waals surface area contributed by atoms with Gasteiger partial charge in [0.2, 0.25) is 5.91 Å². The van der Waals surface area contributed by atoms with Gasteiger partial charge in [-0.1, -0.05) is 42.8 Å². The van der Waals surface area contributed by atoms with Crippen LogP contribution in [0.15, 0.2) is 41.8 Å². The molecule has 140 valence electrons. The number of amides is 2. The SMILES string of the molecule is CCCNC(=O)[C@H](C)NC(=O)C[NH2+][C@H](c1ccc(C)cc1)c1cccs1. The number of hydrogen-bond acceptors (Lipinski definition) is 3. The molecule has 2 aromatic rings. The fourth-order valence-electron chi connectivity index (χ4n) is 2.65. The van der Waals surface area contributed by atoms with E-state index in [1.807, 2.05) is 23.7 Å². The van der Waals surface area contributed by atoms with Gasteiger partial charge in [-0.15, -0.1) is 11.3 Å². The van der Waals surface area contributed by atoms with Crippen molar-refractivity contribution in [3.63, 3.8) is 0 Å². The number of rotatable bonds is 9. The number of carbonyl (C=O) groups is 2. The molecule has 2 amide bonds. The molecule has 1 aromatic heterocycles. The number of thiophene rings is 1. The van der Waals surface area contributed by atoms with Crippen molar-refractivity contribution in [2.24, 2.45) is 0 Å². The van der Waals surface area contributed by atoms with Crippen LogP contribution >= 0.6 is 11.3 Å². The van der Waals surface area contributed by atoms with Gasteiger partial charge in [-0.05, 0) is 31.7 Å². The molecule has 0 saturated heterocycles. The van der Waals surface area contributed by atoms with E-state index in [2.05, 4.69) is 47.9 Å². The van der Waals surface area contributed by atoms with Crippen molar-refractivity contribution in [1.29, 1.82) is 0 Å². The normalized spacial score (nSPS) is 13.0. The summed E-state index contributed by atoms with van der Waals surface area (Å²) in [5.74, 6) is -0.286. The molecule has 0 spiro atoms. The first-order chi connectivity index (χ1) is 12.5. The van der Waals surface area contributed by atoms with E-state index in [1.165, 1.54) is 16.0 Å². The second-order valence-electron chi connectivity index (χ2n) is 6.42. The lowest BCUT2D eigenvalue weighted by Crippen LogP contribution is -2.87. The molecule has 0 aliphatic heterocycles. The predicted octanol–water partition coefficient (Wildman–Crippen LogP) is 1.74. The molecule has 6 heteroatoms. The number of benzene rings is 1. The van der Waals surface area contributed by atoms with E-state index in [0.717, 1.165) is 6.42 Å². The average Bonchev–Trinajstić information content (AvgIpc) is 3.15. The molecule has 0 fully saturated rings. The largest absolute Gasteiger partial charge is 0.354 e. The van der Waals surface area contributed by atoms with Gasteiger partial charge in [0.15, 0.2) is 6.54 Å². The maximum atomic E-state index is 12.3. The molecule has 26 heavy (non-hydrogen) atoms. The standard InChI is InChI=1S/C20H27N3O2S/c1-4-11-21-20(25)15(3)23-18(24)13-22-19(17-6-5-12-26-17)16-9-7-14(2)8-10-16/h5-10,12,15,19,22H,4,11,13H2,1-3H3,(H,21,25)(H,23,24)/p+1/t15-,19+/m0/s1. The first kappa shape index (κ1) is 20.1. The van der Waals surface area contributed by atoms with Crippen molar-refractivity contribution in [2.75, 3.05) is 13.1 Å². The van der Waals surface area contributed by atoms with Crippen LogP contribution in [-0.2, 0) is 9.59 Å². The van der Waals surface area contributed by atoms with Gasteiger partial charge in [0.1, 0.15) is 12.1 Å². The quantitative estimate of drug-likeness (QED) is 0.625. The molecule has 0 bridgehead atoms. The van der Waals surface area contributed by atoms with Crippen LogP contribution in [-0.4, -0.2) is 30.9 Å². The van der Waals surface area contributed by atoms with Crippen LogP contribution in [0.1, 0.15) is 42.3 Å². The topological polar surface area (TPSA) is 74.8 Å². The van der Waals surface area contributed by atoms with Crippen molar-refractivity contribution >= 4 is 23.2 Å². The lowest BCUT2D eigenvalue weighted by Gasteiger charge is -2.17. The Kier molecular flexibility index (Phi) is 7.81. The fraction of sp³-hybridized carbons (Fsp3) is 0.400. The van der Waals surface area contributed by atoms with Gasteiger partial charge in [0.25, 0.3) is 5.91 Å². The van der Waals surface area contributed by atoms with Gasteiger partial charge in [-0.3, -0.25) is 9.59 Å². The predicted molar refractivity (Wildman–Crippen MR) is 105 cm³/mol. The molecule has 0 aliphatic carbocycles. The molecule has 1 heterocycles. The summed E-state index contributed by atoms with van der Waals surface area (Å²) >= 11 is 1.68. The van der Waals surface area contributed by atoms with Crippen molar-refractivity contribution in [3.8, 4) is 0 Å². The number of aryl methyl sites for hydroxylation is 1. The van der Waals surface area contributed by atoms with Gasteiger partial charge >= 0.3 is 0 Å². The van der Waals surface area contributed by atoms with Crippen LogP contribution in [0.5, 0.6) is 0 Å². The zero-order chi connectivity index (χ0) is 18.9. The Morgan fingerprint density at radius 2 is 1.92 bits per heavy atom. The molecule has 0 saturated carbocycles. The van der Waals surface area contributed by atoms with E-state index in [1.54, 1.807) is 18.3 Å². The van der Waals surface area contributed by atoms with Crippen LogP contribution in [0.3, 0.4) is 0 Å². The summed E-state index contributed by atoms with van der Waals surface area (Å²) < 4.78 is 0. The van der Waals surface area contributed by atoms with Crippen LogP contribution < -0.4 is 16.0 Å². The summed E-state index contributed by atoms with van der Waals surface area (Å²) in [5.41, 5.74) is 2.38. The van der Waals surface area contributed by atoms with Crippen LogP contribution in [0.2, 0.25) is 0 Å². The minimum absolute atomic E-state index is 0.0746. The van der Waals surface area contributed by atoms with Crippen molar-refractivity contribution in [3.05, 3.63) is 57.8 Å². The molecule has 2 rings (SSSR count). The van der Waals surface area contributed by atoms with E-state index in [0.29, 0.717) is 6.54 Å². The van der Waals surface area contributed by atoms with E-state index < -0.39 is 6.04 Å². The summed E-state index contributed by atoms with van der Waals surface area (Å²) in [6.45, 7) is 6.65. The Morgan fingerprint density at radius 1 is 1.19 bits per heavy atom. The highest BCUT2D eigenvalue weighted by molar-refractivity contribution is 7.10. The lowest BCUT2D eigenvalue weighted by molar-refractivity contribution is -0.676. The Balaban J connectivity index is 1.95. The summed E-state index contributed by atoms with van der Waals surface area (Å²) in [7, 11) is 0. The van der Waals surface area contributed by atoms with Gasteiger partial charge < -0.3 is 16.0 Å². The number of nitrogens with one attached hydrogen (secondary N) is 2. The van der Waals surface area contributed by atoms with E-state index in [4.69, 9.17) is 0 Å². The van der Waals surface area contributed by atoms with E-state index in [9.17, 15) is 9.59 Å². The van der Waals surface area contributed by atoms with Crippen LogP contribution in [0, 0.1) is 6.92 Å². The summed E-state index contributed by atoms with van der Waals surface area (Å²) in [6.07, 6.45) is 0.874. The molecule has 1 aromatic carbocycles. The van der Waals surface area contributed by atoms with Gasteiger partial charge in [-0.25, -0.2) is 0 Å². The van der Waals surface area contributed by atoms with Crippen LogP contribution in [0.25, 0.3) is 0 Å². The highest BCUT2D eigenvalue weighted by Crippen LogP contribution is 2.22. The second-order valence-corrected chi connectivity index (χ2v) is 7.40. The monoisotopic (exact) mass is 374 g/mol. The third kappa shape index (κ3) is 5.97. The van der Waals surface area contributed by atoms with Gasteiger partial charge in [-0.2, -0.15) is 0 Å². The van der Waals surface area contributed by atoms with Crippen molar-refractivity contribution in [1.82, 2.24) is 10.6 Å². The fourth-order valence-corrected chi connectivity index (χ4v) is 3.50.